The molecule has 4 amide bonds. The van der Waals surface area contributed by atoms with Gasteiger partial charge in [-0.3, -0.25) is 19.7 Å². The second kappa shape index (κ2) is 22.1. The van der Waals surface area contributed by atoms with Crippen molar-refractivity contribution in [1.82, 2.24) is 26.6 Å². The second-order valence-electron chi connectivity index (χ2n) is 15.7. The van der Waals surface area contributed by atoms with Crippen LogP contribution in [0.2, 0.25) is 0 Å². The van der Waals surface area contributed by atoms with E-state index >= 15 is 0 Å². The standard InChI is InChI=1S/C45H56BrN5O8/c1-28(2)37(41(54)48-26-32-24-33(46)19-22-36(32)52)50-42(55)38(47-25-30-17-20-34(58-6)21-18-30)39(53)35(23-29-13-9-7-10-14-29)49-43(56)40(45(3,4)5)51-44(57)59-27-31-15-11-8-12-16-31/h7-22,24,28,35,37-40,47,52-53H,23,25-27H2,1-6H3,(H,48,54)(H,49,56)(H,50,55)(H,51,57)/t35?,37-,38+,39-,40?/m0/s1. The van der Waals surface area contributed by atoms with Crippen LogP contribution >= 0.6 is 15.9 Å². The third-order valence-electron chi connectivity index (χ3n) is 9.69. The lowest BCUT2D eigenvalue weighted by Crippen LogP contribution is -2.63. The van der Waals surface area contributed by atoms with Crippen molar-refractivity contribution in [2.75, 3.05) is 7.11 Å². The molecule has 0 heterocycles. The molecule has 4 rings (SSSR count). The van der Waals surface area contributed by atoms with Crippen LogP contribution in [0.1, 0.15) is 56.9 Å². The molecule has 0 spiro atoms. The Morgan fingerprint density at radius 3 is 1.95 bits per heavy atom. The molecule has 14 heteroatoms. The van der Waals surface area contributed by atoms with E-state index in [-0.39, 0.29) is 37.8 Å². The van der Waals surface area contributed by atoms with Crippen molar-refractivity contribution in [3.8, 4) is 11.5 Å². The van der Waals surface area contributed by atoms with Crippen LogP contribution in [0.25, 0.3) is 0 Å². The summed E-state index contributed by atoms with van der Waals surface area (Å²) in [6.45, 7) is 9.06. The van der Waals surface area contributed by atoms with Gasteiger partial charge >= 0.3 is 6.09 Å². The van der Waals surface area contributed by atoms with Gasteiger partial charge in [0.05, 0.1) is 19.3 Å². The van der Waals surface area contributed by atoms with E-state index < -0.39 is 59.5 Å². The molecule has 0 saturated carbocycles. The average Bonchev–Trinajstić information content (AvgIpc) is 3.21. The number of phenolic OH excluding ortho intramolecular Hbond substituents is 1. The number of benzene rings is 4. The molecule has 4 aromatic rings. The van der Waals surface area contributed by atoms with E-state index in [1.807, 2.05) is 72.8 Å². The van der Waals surface area contributed by atoms with E-state index in [4.69, 9.17) is 9.47 Å². The van der Waals surface area contributed by atoms with Crippen molar-refractivity contribution in [2.45, 2.75) is 91.0 Å². The molecule has 0 aromatic heterocycles. The van der Waals surface area contributed by atoms with Gasteiger partial charge in [-0.1, -0.05) is 123 Å². The molecular formula is C45H56BrN5O8. The van der Waals surface area contributed by atoms with Gasteiger partial charge in [0.25, 0.3) is 0 Å². The number of aliphatic hydroxyl groups is 1. The quantitative estimate of drug-likeness (QED) is 0.0638. The number of carbonyl (C=O) groups is 4. The Bertz CT molecular complexity index is 1980. The number of hydrogen-bond acceptors (Lipinski definition) is 9. The van der Waals surface area contributed by atoms with Gasteiger partial charge in [-0.05, 0) is 64.8 Å². The van der Waals surface area contributed by atoms with E-state index in [1.54, 1.807) is 66.0 Å². The molecule has 7 N–H and O–H groups in total. The molecular weight excluding hydrogens is 818 g/mol. The molecule has 0 aliphatic heterocycles. The minimum atomic E-state index is -1.56. The van der Waals surface area contributed by atoms with Crippen LogP contribution in [0.3, 0.4) is 0 Å². The summed E-state index contributed by atoms with van der Waals surface area (Å²) in [7, 11) is 1.56. The molecule has 0 saturated heterocycles. The van der Waals surface area contributed by atoms with Crippen molar-refractivity contribution >= 4 is 39.7 Å². The lowest BCUT2D eigenvalue weighted by atomic mass is 9.85. The normalized spacial score (nSPS) is 13.9. The summed E-state index contributed by atoms with van der Waals surface area (Å²) < 4.78 is 11.5. The highest BCUT2D eigenvalue weighted by Crippen LogP contribution is 2.23. The van der Waals surface area contributed by atoms with E-state index in [2.05, 4.69) is 42.5 Å². The Morgan fingerprint density at radius 1 is 0.729 bits per heavy atom. The molecule has 0 aliphatic carbocycles. The third-order valence-corrected chi connectivity index (χ3v) is 10.2. The van der Waals surface area contributed by atoms with Gasteiger partial charge in [0, 0.05) is 23.1 Å². The van der Waals surface area contributed by atoms with Crippen molar-refractivity contribution in [1.29, 1.82) is 0 Å². The van der Waals surface area contributed by atoms with Crippen LogP contribution in [0, 0.1) is 11.3 Å². The Kier molecular flexibility index (Phi) is 17.3. The fraction of sp³-hybridized carbons (Fsp3) is 0.378. The van der Waals surface area contributed by atoms with Crippen LogP contribution in [0.15, 0.2) is 108 Å². The maximum absolute atomic E-state index is 14.4. The highest BCUT2D eigenvalue weighted by Gasteiger charge is 2.39. The number of nitrogens with one attached hydrogen (secondary N) is 5. The largest absolute Gasteiger partial charge is 0.508 e. The first-order valence-corrected chi connectivity index (χ1v) is 20.3. The molecule has 0 bridgehead atoms. The second-order valence-corrected chi connectivity index (χ2v) is 16.6. The van der Waals surface area contributed by atoms with Crippen molar-refractivity contribution in [2.24, 2.45) is 11.3 Å². The van der Waals surface area contributed by atoms with E-state index in [0.29, 0.717) is 11.3 Å². The summed E-state index contributed by atoms with van der Waals surface area (Å²) in [5.74, 6) is -1.52. The molecule has 0 aliphatic rings. The minimum Gasteiger partial charge on any atom is -0.508 e. The summed E-state index contributed by atoms with van der Waals surface area (Å²) in [6, 6.07) is 25.8. The van der Waals surface area contributed by atoms with Gasteiger partial charge in [0.1, 0.15) is 36.2 Å². The number of rotatable bonds is 19. The zero-order valence-corrected chi connectivity index (χ0v) is 35.9. The van der Waals surface area contributed by atoms with Crippen LogP contribution < -0.4 is 31.3 Å². The minimum absolute atomic E-state index is 0.000932. The van der Waals surface area contributed by atoms with Crippen molar-refractivity contribution < 1.29 is 38.9 Å². The predicted octanol–water partition coefficient (Wildman–Crippen LogP) is 5.51. The number of methoxy groups -OCH3 is 1. The smallest absolute Gasteiger partial charge is 0.408 e. The number of aliphatic hydroxyl groups excluding tert-OH is 1. The number of carbonyl (C=O) groups excluding carboxylic acids is 4. The van der Waals surface area contributed by atoms with Crippen LogP contribution in [0.5, 0.6) is 11.5 Å². The Labute approximate surface area is 354 Å². The molecule has 4 aromatic carbocycles. The summed E-state index contributed by atoms with van der Waals surface area (Å²) in [5.41, 5.74) is 1.99. The molecule has 2 unspecified atom stereocenters. The Morgan fingerprint density at radius 2 is 1.36 bits per heavy atom. The fourth-order valence-electron chi connectivity index (χ4n) is 6.29. The average molecular weight is 875 g/mol. The zero-order valence-electron chi connectivity index (χ0n) is 34.3. The number of amides is 4. The van der Waals surface area contributed by atoms with Crippen LogP contribution in [-0.4, -0.2) is 71.4 Å². The third kappa shape index (κ3) is 14.4. The molecule has 0 radical (unpaired) electrons. The van der Waals surface area contributed by atoms with Gasteiger partial charge < -0.3 is 41.0 Å². The first-order chi connectivity index (χ1) is 28.0. The first-order valence-electron chi connectivity index (χ1n) is 19.5. The number of alkyl carbamates (subject to hydrolysis) is 1. The summed E-state index contributed by atoms with van der Waals surface area (Å²) in [6.07, 6.45) is -2.24. The predicted molar refractivity (Wildman–Crippen MR) is 229 cm³/mol. The number of phenols is 1. The maximum atomic E-state index is 14.4. The topological polar surface area (TPSA) is 187 Å². The van der Waals surface area contributed by atoms with Gasteiger partial charge in [-0.15, -0.1) is 0 Å². The SMILES string of the molecule is COc1ccc(CN[C@@H](C(=O)N[C@H](C(=O)NCc2cc(Br)ccc2O)C(C)C)[C@@H](O)C(Cc2ccccc2)NC(=O)C(NC(=O)OCc2ccccc2)C(C)(C)C)cc1. The number of halogens is 1. The van der Waals surface area contributed by atoms with E-state index in [1.165, 1.54) is 6.07 Å². The van der Waals surface area contributed by atoms with E-state index in [9.17, 15) is 29.4 Å². The first kappa shape index (κ1) is 46.3. The van der Waals surface area contributed by atoms with Gasteiger partial charge in [-0.25, -0.2) is 4.79 Å². The lowest BCUT2D eigenvalue weighted by Gasteiger charge is -2.35. The molecule has 316 valence electrons. The molecule has 5 atom stereocenters. The lowest BCUT2D eigenvalue weighted by molar-refractivity contribution is -0.134. The Balaban J connectivity index is 1.62. The summed E-state index contributed by atoms with van der Waals surface area (Å²) in [5, 5.41) is 37.1. The summed E-state index contributed by atoms with van der Waals surface area (Å²) in [4.78, 5) is 55.3. The maximum Gasteiger partial charge on any atom is 0.408 e. The van der Waals surface area contributed by atoms with Gasteiger partial charge in [0.15, 0.2) is 0 Å². The molecule has 13 nitrogen and oxygen atoms in total. The summed E-state index contributed by atoms with van der Waals surface area (Å²) >= 11 is 3.38. The van der Waals surface area contributed by atoms with Crippen molar-refractivity contribution in [3.05, 3.63) is 130 Å². The van der Waals surface area contributed by atoms with E-state index in [0.717, 1.165) is 21.2 Å². The highest BCUT2D eigenvalue weighted by atomic mass is 79.9. The number of aromatic hydroxyl groups is 1. The molecule has 59 heavy (non-hydrogen) atoms. The van der Waals surface area contributed by atoms with Crippen LogP contribution in [-0.2, 0) is 45.2 Å². The number of hydrogen-bond donors (Lipinski definition) is 7. The van der Waals surface area contributed by atoms with Crippen molar-refractivity contribution in [3.63, 3.8) is 0 Å². The number of ether oxygens (including phenoxy) is 2. The Hall–Kier alpha value is -5.44. The van der Waals surface area contributed by atoms with Gasteiger partial charge in [-0.2, -0.15) is 0 Å². The van der Waals surface area contributed by atoms with Crippen LogP contribution in [0.4, 0.5) is 4.79 Å². The zero-order chi connectivity index (χ0) is 43.1. The highest BCUT2D eigenvalue weighted by molar-refractivity contribution is 9.10. The van der Waals surface area contributed by atoms with Gasteiger partial charge in [0.2, 0.25) is 17.7 Å². The monoisotopic (exact) mass is 873 g/mol. The fourth-order valence-corrected chi connectivity index (χ4v) is 6.70. The molecule has 0 fully saturated rings.